The normalized spacial score (nSPS) is 10.3. The Morgan fingerprint density at radius 2 is 2.00 bits per heavy atom. The van der Waals surface area contributed by atoms with E-state index in [1.54, 1.807) is 0 Å². The van der Waals surface area contributed by atoms with Crippen molar-refractivity contribution in [3.8, 4) is 0 Å². The number of carbonyl (C=O) groups excluding carboxylic acids is 2. The van der Waals surface area contributed by atoms with Gasteiger partial charge < -0.3 is 10.6 Å². The molecule has 0 spiro atoms. The van der Waals surface area contributed by atoms with Crippen LogP contribution in [0.15, 0.2) is 18.2 Å². The SMILES string of the molecule is CC(C)CNC(=O)CNC(=O)c1ccc(F)c([N+](=O)[O-])c1. The number of nitro groups is 1. The average molecular weight is 297 g/mol. The van der Waals surface area contributed by atoms with Crippen LogP contribution in [0.5, 0.6) is 0 Å². The summed E-state index contributed by atoms with van der Waals surface area (Å²) in [5.74, 6) is -1.79. The van der Waals surface area contributed by atoms with Gasteiger partial charge in [0.1, 0.15) is 0 Å². The van der Waals surface area contributed by atoms with Gasteiger partial charge in [0.2, 0.25) is 11.7 Å². The molecule has 0 saturated carbocycles. The number of halogens is 1. The first-order valence-electron chi connectivity index (χ1n) is 6.30. The highest BCUT2D eigenvalue weighted by Gasteiger charge is 2.17. The molecule has 114 valence electrons. The largest absolute Gasteiger partial charge is 0.354 e. The lowest BCUT2D eigenvalue weighted by atomic mass is 10.2. The number of hydrogen-bond donors (Lipinski definition) is 2. The van der Waals surface area contributed by atoms with Crippen LogP contribution in [0.4, 0.5) is 10.1 Å². The molecule has 0 fully saturated rings. The Morgan fingerprint density at radius 1 is 1.33 bits per heavy atom. The highest BCUT2D eigenvalue weighted by Crippen LogP contribution is 2.18. The first-order valence-corrected chi connectivity index (χ1v) is 6.30. The van der Waals surface area contributed by atoms with Gasteiger partial charge in [0.25, 0.3) is 5.91 Å². The minimum Gasteiger partial charge on any atom is -0.354 e. The van der Waals surface area contributed by atoms with Crippen molar-refractivity contribution in [1.82, 2.24) is 10.6 Å². The second-order valence-corrected chi connectivity index (χ2v) is 4.80. The molecule has 0 aliphatic carbocycles. The van der Waals surface area contributed by atoms with Gasteiger partial charge in [-0.25, -0.2) is 0 Å². The zero-order chi connectivity index (χ0) is 16.0. The molecule has 1 rings (SSSR count). The number of carbonyl (C=O) groups is 2. The smallest absolute Gasteiger partial charge is 0.305 e. The molecular formula is C13H16FN3O4. The molecule has 0 bridgehead atoms. The molecule has 7 nitrogen and oxygen atoms in total. The van der Waals surface area contributed by atoms with Gasteiger partial charge in [0, 0.05) is 18.2 Å². The molecule has 21 heavy (non-hydrogen) atoms. The van der Waals surface area contributed by atoms with Gasteiger partial charge in [-0.2, -0.15) is 4.39 Å². The van der Waals surface area contributed by atoms with Crippen LogP contribution in [0, 0.1) is 21.8 Å². The zero-order valence-corrected chi connectivity index (χ0v) is 11.7. The molecule has 0 atom stereocenters. The van der Waals surface area contributed by atoms with Gasteiger partial charge in [0.05, 0.1) is 11.5 Å². The number of amides is 2. The predicted molar refractivity (Wildman–Crippen MR) is 73.2 cm³/mol. The molecule has 0 saturated heterocycles. The van der Waals surface area contributed by atoms with Gasteiger partial charge in [-0.05, 0) is 18.1 Å². The summed E-state index contributed by atoms with van der Waals surface area (Å²) in [4.78, 5) is 32.8. The van der Waals surface area contributed by atoms with Gasteiger partial charge >= 0.3 is 5.69 Å². The van der Waals surface area contributed by atoms with Crippen molar-refractivity contribution in [3.63, 3.8) is 0 Å². The Hall–Kier alpha value is -2.51. The zero-order valence-electron chi connectivity index (χ0n) is 11.7. The first kappa shape index (κ1) is 16.5. The fourth-order valence-corrected chi connectivity index (χ4v) is 1.44. The van der Waals surface area contributed by atoms with Crippen molar-refractivity contribution in [2.45, 2.75) is 13.8 Å². The molecule has 2 N–H and O–H groups in total. The minimum atomic E-state index is -1.02. The lowest BCUT2D eigenvalue weighted by molar-refractivity contribution is -0.387. The van der Waals surface area contributed by atoms with Gasteiger partial charge in [-0.15, -0.1) is 0 Å². The van der Waals surface area contributed by atoms with Crippen LogP contribution < -0.4 is 10.6 Å². The number of nitrogens with one attached hydrogen (secondary N) is 2. The monoisotopic (exact) mass is 297 g/mol. The molecule has 0 aliphatic rings. The Balaban J connectivity index is 2.62. The van der Waals surface area contributed by atoms with Crippen LogP contribution in [0.25, 0.3) is 0 Å². The van der Waals surface area contributed by atoms with Crippen LogP contribution in [0.3, 0.4) is 0 Å². The standard InChI is InChI=1S/C13H16FN3O4/c1-8(2)6-15-12(18)7-16-13(19)9-3-4-10(14)11(5-9)17(20)21/h3-5,8H,6-7H2,1-2H3,(H,15,18)(H,16,19). The second-order valence-electron chi connectivity index (χ2n) is 4.80. The third kappa shape index (κ3) is 5.17. The Bertz CT molecular complexity index is 560. The lowest BCUT2D eigenvalue weighted by Gasteiger charge is -2.08. The Labute approximate surface area is 120 Å². The fraction of sp³-hybridized carbons (Fsp3) is 0.385. The van der Waals surface area contributed by atoms with E-state index in [1.807, 2.05) is 13.8 Å². The summed E-state index contributed by atoms with van der Waals surface area (Å²) in [5, 5.41) is 15.5. The van der Waals surface area contributed by atoms with Crippen molar-refractivity contribution in [2.75, 3.05) is 13.1 Å². The fourth-order valence-electron chi connectivity index (χ4n) is 1.44. The maximum atomic E-state index is 13.1. The number of benzene rings is 1. The summed E-state index contributed by atoms with van der Waals surface area (Å²) < 4.78 is 13.1. The topological polar surface area (TPSA) is 101 Å². The first-order chi connectivity index (χ1) is 9.81. The van der Waals surface area contributed by atoms with Crippen molar-refractivity contribution in [1.29, 1.82) is 0 Å². The summed E-state index contributed by atoms with van der Waals surface area (Å²) in [6, 6.07) is 2.78. The second kappa shape index (κ2) is 7.32. The van der Waals surface area contributed by atoms with Crippen LogP contribution in [0.2, 0.25) is 0 Å². The lowest BCUT2D eigenvalue weighted by Crippen LogP contribution is -2.38. The molecule has 1 aromatic carbocycles. The molecular weight excluding hydrogens is 281 g/mol. The third-order valence-electron chi connectivity index (χ3n) is 2.52. The number of hydrogen-bond acceptors (Lipinski definition) is 4. The van der Waals surface area contributed by atoms with Crippen molar-refractivity contribution in [2.24, 2.45) is 5.92 Å². The number of nitrogens with zero attached hydrogens (tertiary/aromatic N) is 1. The van der Waals surface area contributed by atoms with E-state index in [4.69, 9.17) is 0 Å². The van der Waals surface area contributed by atoms with E-state index < -0.39 is 22.3 Å². The summed E-state index contributed by atoms with van der Waals surface area (Å²) >= 11 is 0. The average Bonchev–Trinajstić information content (AvgIpc) is 2.42. The molecule has 0 aromatic heterocycles. The van der Waals surface area contributed by atoms with E-state index in [2.05, 4.69) is 10.6 Å². The number of rotatable bonds is 6. The van der Waals surface area contributed by atoms with E-state index in [9.17, 15) is 24.1 Å². The van der Waals surface area contributed by atoms with Crippen LogP contribution >= 0.6 is 0 Å². The summed E-state index contributed by atoms with van der Waals surface area (Å²) in [6.45, 7) is 4.08. The molecule has 2 amide bonds. The Kier molecular flexibility index (Phi) is 5.77. The van der Waals surface area contributed by atoms with Crippen molar-refractivity contribution < 1.29 is 18.9 Å². The van der Waals surface area contributed by atoms with Crippen LogP contribution in [0.1, 0.15) is 24.2 Å². The molecule has 0 heterocycles. The maximum Gasteiger partial charge on any atom is 0.305 e. The third-order valence-corrected chi connectivity index (χ3v) is 2.52. The number of nitro benzene ring substituents is 1. The molecule has 0 unspecified atom stereocenters. The van der Waals surface area contributed by atoms with E-state index in [-0.39, 0.29) is 23.9 Å². The Morgan fingerprint density at radius 3 is 2.57 bits per heavy atom. The van der Waals surface area contributed by atoms with Crippen molar-refractivity contribution in [3.05, 3.63) is 39.7 Å². The maximum absolute atomic E-state index is 13.1. The molecule has 1 aromatic rings. The molecule has 0 aliphatic heterocycles. The summed E-state index contributed by atoms with van der Waals surface area (Å²) in [5.41, 5.74) is -0.869. The van der Waals surface area contributed by atoms with E-state index in [0.29, 0.717) is 6.54 Å². The highest BCUT2D eigenvalue weighted by molar-refractivity contribution is 5.96. The summed E-state index contributed by atoms with van der Waals surface area (Å²) in [7, 11) is 0. The van der Waals surface area contributed by atoms with Gasteiger partial charge in [-0.3, -0.25) is 19.7 Å². The quantitative estimate of drug-likeness (QED) is 0.609. The highest BCUT2D eigenvalue weighted by atomic mass is 19.1. The van der Waals surface area contributed by atoms with Gasteiger partial charge in [0.15, 0.2) is 0 Å². The van der Waals surface area contributed by atoms with E-state index >= 15 is 0 Å². The van der Waals surface area contributed by atoms with E-state index in [1.165, 1.54) is 0 Å². The van der Waals surface area contributed by atoms with E-state index in [0.717, 1.165) is 18.2 Å². The molecule has 8 heteroatoms. The van der Waals surface area contributed by atoms with Crippen molar-refractivity contribution >= 4 is 17.5 Å². The summed E-state index contributed by atoms with van der Waals surface area (Å²) in [6.07, 6.45) is 0. The minimum absolute atomic E-state index is 0.0836. The van der Waals surface area contributed by atoms with Crippen LogP contribution in [-0.4, -0.2) is 29.8 Å². The molecule has 0 radical (unpaired) electrons. The predicted octanol–water partition coefficient (Wildman–Crippen LogP) is 1.24. The van der Waals surface area contributed by atoms with Gasteiger partial charge in [-0.1, -0.05) is 13.8 Å². The van der Waals surface area contributed by atoms with Crippen LogP contribution in [-0.2, 0) is 4.79 Å².